The molecule has 128 valence electrons. The first-order valence-corrected chi connectivity index (χ1v) is 7.90. The van der Waals surface area contributed by atoms with Crippen LogP contribution in [0.25, 0.3) is 0 Å². The van der Waals surface area contributed by atoms with Crippen molar-refractivity contribution >= 4 is 11.7 Å². The molecule has 1 atom stereocenters. The largest absolute Gasteiger partial charge is 0.350 e. The summed E-state index contributed by atoms with van der Waals surface area (Å²) in [5.41, 5.74) is 3.68. The van der Waals surface area contributed by atoms with Crippen LogP contribution >= 0.6 is 0 Å². The zero-order valence-corrected chi connectivity index (χ0v) is 14.8. The van der Waals surface area contributed by atoms with Crippen LogP contribution in [0.4, 0.5) is 0 Å². The third kappa shape index (κ3) is 4.04. The molecule has 0 fully saturated rings. The second kappa shape index (κ2) is 7.33. The number of ketones is 1. The normalized spacial score (nSPS) is 12.0. The van der Waals surface area contributed by atoms with E-state index in [1.54, 1.807) is 17.1 Å². The lowest BCUT2D eigenvalue weighted by molar-refractivity contribution is -0.122. The van der Waals surface area contributed by atoms with E-state index in [9.17, 15) is 9.59 Å². The van der Waals surface area contributed by atoms with Gasteiger partial charge in [-0.05, 0) is 34.6 Å². The molecular formula is C17H23N5O2. The number of aromatic nitrogens is 4. The summed E-state index contributed by atoms with van der Waals surface area (Å²) in [6, 6.07) is -0.138. The summed E-state index contributed by atoms with van der Waals surface area (Å²) in [5.74, 6) is -0.104. The number of hydrogen-bond acceptors (Lipinski definition) is 5. The summed E-state index contributed by atoms with van der Waals surface area (Å²) in [6.45, 7) is 9.31. The van der Waals surface area contributed by atoms with E-state index < -0.39 is 0 Å². The Labute approximate surface area is 141 Å². The quantitative estimate of drug-likeness (QED) is 0.819. The van der Waals surface area contributed by atoms with Crippen molar-refractivity contribution in [2.24, 2.45) is 0 Å². The molecule has 0 aliphatic carbocycles. The molecule has 2 aromatic heterocycles. The van der Waals surface area contributed by atoms with Gasteiger partial charge in [-0.2, -0.15) is 5.10 Å². The average Bonchev–Trinajstić information content (AvgIpc) is 2.81. The van der Waals surface area contributed by atoms with Crippen molar-refractivity contribution in [2.75, 3.05) is 0 Å². The van der Waals surface area contributed by atoms with Crippen LogP contribution in [0.15, 0.2) is 12.4 Å². The van der Waals surface area contributed by atoms with Gasteiger partial charge in [0.1, 0.15) is 0 Å². The molecule has 0 saturated heterocycles. The number of nitrogens with zero attached hydrogens (tertiary/aromatic N) is 4. The Bertz CT molecular complexity index is 749. The molecule has 0 aliphatic heterocycles. The molecule has 1 N–H and O–H groups in total. The van der Waals surface area contributed by atoms with Crippen molar-refractivity contribution in [1.82, 2.24) is 25.1 Å². The minimum absolute atomic E-state index is 0.00848. The zero-order chi connectivity index (χ0) is 17.9. The van der Waals surface area contributed by atoms with Gasteiger partial charge in [-0.1, -0.05) is 0 Å². The maximum atomic E-state index is 12.1. The van der Waals surface area contributed by atoms with Crippen molar-refractivity contribution in [3.8, 4) is 0 Å². The lowest BCUT2D eigenvalue weighted by atomic mass is 10.1. The van der Waals surface area contributed by atoms with Crippen LogP contribution in [0.5, 0.6) is 0 Å². The molecule has 2 heterocycles. The maximum Gasteiger partial charge on any atom is 0.222 e. The third-order valence-corrected chi connectivity index (χ3v) is 3.88. The number of nitrogens with one attached hydrogen (secondary N) is 1. The van der Waals surface area contributed by atoms with Gasteiger partial charge in [0.25, 0.3) is 0 Å². The monoisotopic (exact) mass is 329 g/mol. The van der Waals surface area contributed by atoms with E-state index in [0.717, 1.165) is 11.4 Å². The van der Waals surface area contributed by atoms with Crippen molar-refractivity contribution < 1.29 is 9.59 Å². The fourth-order valence-corrected chi connectivity index (χ4v) is 2.73. The molecule has 0 saturated carbocycles. The van der Waals surface area contributed by atoms with Crippen molar-refractivity contribution in [3.05, 3.63) is 40.7 Å². The average molecular weight is 329 g/mol. The van der Waals surface area contributed by atoms with Gasteiger partial charge in [0.2, 0.25) is 5.91 Å². The number of Topliss-reactive ketones (excluding diaryl/α,β-unsaturated/α-hetero) is 1. The molecule has 0 bridgehead atoms. The molecule has 7 heteroatoms. The predicted octanol–water partition coefficient (Wildman–Crippen LogP) is 2.07. The van der Waals surface area contributed by atoms with Gasteiger partial charge in [0, 0.05) is 18.3 Å². The Morgan fingerprint density at radius 1 is 1.21 bits per heavy atom. The summed E-state index contributed by atoms with van der Waals surface area (Å²) < 4.78 is 1.75. The lowest BCUT2D eigenvalue weighted by Crippen LogP contribution is -2.26. The van der Waals surface area contributed by atoms with E-state index in [1.165, 1.54) is 6.92 Å². The van der Waals surface area contributed by atoms with Crippen molar-refractivity contribution in [1.29, 1.82) is 0 Å². The Morgan fingerprint density at radius 2 is 1.92 bits per heavy atom. The van der Waals surface area contributed by atoms with Crippen LogP contribution in [0.3, 0.4) is 0 Å². The summed E-state index contributed by atoms with van der Waals surface area (Å²) in [7, 11) is 0. The Balaban J connectivity index is 1.98. The van der Waals surface area contributed by atoms with Gasteiger partial charge in [0.15, 0.2) is 5.78 Å². The van der Waals surface area contributed by atoms with Gasteiger partial charge >= 0.3 is 0 Å². The topological polar surface area (TPSA) is 89.8 Å². The first-order valence-electron chi connectivity index (χ1n) is 7.90. The minimum atomic E-state index is -0.138. The number of aryl methyl sites for hydroxylation is 2. The molecule has 0 aromatic carbocycles. The highest BCUT2D eigenvalue weighted by molar-refractivity contribution is 5.96. The molecule has 0 radical (unpaired) electrons. The zero-order valence-electron chi connectivity index (χ0n) is 14.8. The molecule has 0 unspecified atom stereocenters. The number of carbonyl (C=O) groups excluding carboxylic acids is 2. The second-order valence-corrected chi connectivity index (χ2v) is 6.03. The van der Waals surface area contributed by atoms with Crippen LogP contribution in [-0.2, 0) is 11.3 Å². The minimum Gasteiger partial charge on any atom is -0.350 e. The maximum absolute atomic E-state index is 12.1. The molecule has 2 rings (SSSR count). The number of amides is 1. The van der Waals surface area contributed by atoms with E-state index in [2.05, 4.69) is 20.4 Å². The standard InChI is InChI=1S/C17H23N5O2/c1-10-7-19-15(8-18-10)9-20-16(24)6-11(2)22-13(4)17(14(5)23)12(3)21-22/h7-8,11H,6,9H2,1-5H3,(H,20,24)/t11-/m0/s1. The first kappa shape index (κ1) is 17.8. The van der Waals surface area contributed by atoms with Crippen molar-refractivity contribution in [3.63, 3.8) is 0 Å². The molecule has 24 heavy (non-hydrogen) atoms. The molecule has 0 aliphatic rings. The van der Waals surface area contributed by atoms with E-state index in [1.807, 2.05) is 27.7 Å². The lowest BCUT2D eigenvalue weighted by Gasteiger charge is -2.14. The van der Waals surface area contributed by atoms with E-state index >= 15 is 0 Å². The molecule has 2 aromatic rings. The number of carbonyl (C=O) groups is 2. The van der Waals surface area contributed by atoms with Gasteiger partial charge < -0.3 is 5.32 Å². The van der Waals surface area contributed by atoms with Crippen LogP contribution in [0.2, 0.25) is 0 Å². The van der Waals surface area contributed by atoms with Crippen molar-refractivity contribution in [2.45, 2.75) is 53.6 Å². The highest BCUT2D eigenvalue weighted by Gasteiger charge is 2.20. The van der Waals surface area contributed by atoms with Gasteiger partial charge in [-0.15, -0.1) is 0 Å². The summed E-state index contributed by atoms with van der Waals surface area (Å²) in [5, 5.41) is 7.24. The predicted molar refractivity (Wildman–Crippen MR) is 89.6 cm³/mol. The third-order valence-electron chi connectivity index (χ3n) is 3.88. The van der Waals surface area contributed by atoms with E-state index in [4.69, 9.17) is 0 Å². The SMILES string of the molecule is CC(=O)c1c(C)nn([C@@H](C)CC(=O)NCc2cnc(C)cn2)c1C. The Kier molecular flexibility index (Phi) is 5.43. The summed E-state index contributed by atoms with van der Waals surface area (Å²) in [4.78, 5) is 32.2. The fraction of sp³-hybridized carbons (Fsp3) is 0.471. The van der Waals surface area contributed by atoms with Crippen LogP contribution in [0, 0.1) is 20.8 Å². The van der Waals surface area contributed by atoms with Crippen LogP contribution in [0.1, 0.15) is 59.4 Å². The molecular weight excluding hydrogens is 306 g/mol. The van der Waals surface area contributed by atoms with Gasteiger partial charge in [-0.3, -0.25) is 24.2 Å². The number of rotatable bonds is 6. The van der Waals surface area contributed by atoms with E-state index in [0.29, 0.717) is 23.5 Å². The fourth-order valence-electron chi connectivity index (χ4n) is 2.73. The molecule has 7 nitrogen and oxygen atoms in total. The molecule has 0 spiro atoms. The smallest absolute Gasteiger partial charge is 0.222 e. The number of hydrogen-bond donors (Lipinski definition) is 1. The Hall–Kier alpha value is -2.57. The van der Waals surface area contributed by atoms with Gasteiger partial charge in [-0.25, -0.2) is 0 Å². The van der Waals surface area contributed by atoms with Gasteiger partial charge in [0.05, 0.1) is 41.4 Å². The van der Waals surface area contributed by atoms with Crippen LogP contribution < -0.4 is 5.32 Å². The molecule has 1 amide bonds. The Morgan fingerprint density at radius 3 is 2.46 bits per heavy atom. The summed E-state index contributed by atoms with van der Waals surface area (Å²) in [6.07, 6.45) is 3.60. The highest BCUT2D eigenvalue weighted by Crippen LogP contribution is 2.19. The van der Waals surface area contributed by atoms with E-state index in [-0.39, 0.29) is 24.2 Å². The first-order chi connectivity index (χ1) is 11.3. The van der Waals surface area contributed by atoms with Crippen LogP contribution in [-0.4, -0.2) is 31.4 Å². The summed E-state index contributed by atoms with van der Waals surface area (Å²) >= 11 is 0. The second-order valence-electron chi connectivity index (χ2n) is 6.03. The highest BCUT2D eigenvalue weighted by atomic mass is 16.1.